The van der Waals surface area contributed by atoms with Crippen LogP contribution >= 0.6 is 11.6 Å². The molecule has 10 heteroatoms. The molecule has 1 aliphatic rings. The van der Waals surface area contributed by atoms with E-state index in [1.807, 2.05) is 0 Å². The Morgan fingerprint density at radius 3 is 1.93 bits per heavy atom. The Hall–Kier alpha value is -0.860. The molecule has 1 unspecified atom stereocenters. The number of alkyl halides is 6. The Kier molecular flexibility index (Phi) is 2.49. The zero-order chi connectivity index (χ0) is 12.1. The minimum atomic E-state index is -6.19. The van der Waals surface area contributed by atoms with Gasteiger partial charge in [0, 0.05) is 0 Å². The summed E-state index contributed by atoms with van der Waals surface area (Å²) in [5, 5.41) is -1.79. The van der Waals surface area contributed by atoms with Crippen molar-refractivity contribution in [2.45, 2.75) is 18.1 Å². The molecule has 0 aromatic rings. The van der Waals surface area contributed by atoms with Crippen LogP contribution in [0.5, 0.6) is 0 Å². The van der Waals surface area contributed by atoms with Gasteiger partial charge >= 0.3 is 24.2 Å². The lowest BCUT2D eigenvalue weighted by Gasteiger charge is -2.35. The van der Waals surface area contributed by atoms with Gasteiger partial charge in [-0.2, -0.15) is 30.7 Å². The largest absolute Gasteiger partial charge is 0.482 e. The smallest absolute Gasteiger partial charge is 0.414 e. The molecule has 1 aliphatic heterocycles. The van der Waals surface area contributed by atoms with Crippen LogP contribution in [0.1, 0.15) is 0 Å². The highest BCUT2D eigenvalue weighted by Gasteiger charge is 2.79. The van der Waals surface area contributed by atoms with Crippen molar-refractivity contribution in [3.8, 4) is 0 Å². The van der Waals surface area contributed by atoms with Crippen LogP contribution in [0.4, 0.5) is 30.7 Å². The summed E-state index contributed by atoms with van der Waals surface area (Å²) in [6, 6.07) is -2.41. The van der Waals surface area contributed by atoms with Crippen LogP contribution in [0.2, 0.25) is 0 Å². The van der Waals surface area contributed by atoms with Crippen molar-refractivity contribution < 1.29 is 40.2 Å². The summed E-state index contributed by atoms with van der Waals surface area (Å²) in [6.07, 6.45) is -11.7. The van der Waals surface area contributed by atoms with E-state index in [1.165, 1.54) is 0 Å². The molecule has 0 N–H and O–H groups in total. The summed E-state index contributed by atoms with van der Waals surface area (Å²) >= 11 is 4.57. The highest BCUT2D eigenvalue weighted by Crippen LogP contribution is 2.52. The monoisotopic (exact) mass is 260 g/mol. The first kappa shape index (κ1) is 12.2. The highest BCUT2D eigenvalue weighted by molar-refractivity contribution is 6.28. The predicted octanol–water partition coefficient (Wildman–Crippen LogP) is 3.19. The summed E-state index contributed by atoms with van der Waals surface area (Å²) in [7, 11) is 0. The van der Waals surface area contributed by atoms with Crippen molar-refractivity contribution in [3.05, 3.63) is 11.2 Å². The summed E-state index contributed by atoms with van der Waals surface area (Å²) in [5.41, 5.74) is 0. The van der Waals surface area contributed by atoms with Gasteiger partial charge in [-0.3, -0.25) is 0 Å². The zero-order valence-electron chi connectivity index (χ0n) is 6.34. The summed E-state index contributed by atoms with van der Waals surface area (Å²) < 4.78 is 91.1. The molecule has 0 amide bonds. The molecule has 0 bridgehead atoms. The van der Waals surface area contributed by atoms with Crippen LogP contribution in [-0.4, -0.2) is 18.1 Å². The molecule has 0 aliphatic carbocycles. The molecule has 1 atom stereocenters. The normalized spacial score (nSPS) is 30.9. The van der Waals surface area contributed by atoms with Crippen LogP contribution in [0.3, 0.4) is 0 Å². The molecule has 1 rings (SSSR count). The van der Waals surface area contributed by atoms with E-state index in [-0.39, 0.29) is 0 Å². The maximum absolute atomic E-state index is 12.7. The van der Waals surface area contributed by atoms with E-state index < -0.39 is 29.4 Å². The quantitative estimate of drug-likeness (QED) is 0.623. The fourth-order valence-electron chi connectivity index (χ4n) is 0.664. The van der Waals surface area contributed by atoms with Gasteiger partial charge in [-0.05, 0) is 11.6 Å². The topological polar surface area (TPSA) is 18.5 Å². The van der Waals surface area contributed by atoms with E-state index in [0.29, 0.717) is 0 Å². The fourth-order valence-corrected chi connectivity index (χ4v) is 0.800. The average Bonchev–Trinajstić information content (AvgIpc) is 1.98. The highest BCUT2D eigenvalue weighted by atomic mass is 35.5. The second kappa shape index (κ2) is 3.06. The molecule has 0 radical (unpaired) electrons. The Labute approximate surface area is 82.2 Å². The summed E-state index contributed by atoms with van der Waals surface area (Å²) in [6.45, 7) is 0. The van der Waals surface area contributed by atoms with E-state index in [1.54, 1.807) is 0 Å². The lowest BCUT2D eigenvalue weighted by atomic mass is 10.2. The van der Waals surface area contributed by atoms with Gasteiger partial charge in [0.2, 0.25) is 0 Å². The SMILES string of the molecule is FC1=C(Cl)OC(F)(F)C(F)(C(F)(F)F)O1. The molecule has 0 aromatic carbocycles. The zero-order valence-corrected chi connectivity index (χ0v) is 7.10. The number of hydrogen-bond donors (Lipinski definition) is 0. The third-order valence-electron chi connectivity index (χ3n) is 1.34. The van der Waals surface area contributed by atoms with Gasteiger partial charge in [-0.25, -0.2) is 0 Å². The molecule has 0 fully saturated rings. The van der Waals surface area contributed by atoms with Gasteiger partial charge in [-0.1, -0.05) is 0 Å². The van der Waals surface area contributed by atoms with Gasteiger partial charge in [0.15, 0.2) is 0 Å². The Bertz CT molecular complexity index is 311. The van der Waals surface area contributed by atoms with Crippen LogP contribution in [-0.2, 0) is 9.47 Å². The predicted molar refractivity (Wildman–Crippen MR) is 31.0 cm³/mol. The summed E-state index contributed by atoms with van der Waals surface area (Å²) in [5.74, 6) is -5.61. The molecule has 0 saturated heterocycles. The third kappa shape index (κ3) is 1.68. The van der Waals surface area contributed by atoms with Crippen molar-refractivity contribution in [3.63, 3.8) is 0 Å². The average molecular weight is 260 g/mol. The van der Waals surface area contributed by atoms with Crippen molar-refractivity contribution in [2.75, 3.05) is 0 Å². The first-order valence-corrected chi connectivity index (χ1v) is 3.46. The van der Waals surface area contributed by atoms with Crippen molar-refractivity contribution in [2.24, 2.45) is 0 Å². The minimum absolute atomic E-state index is 1.79. The van der Waals surface area contributed by atoms with Crippen LogP contribution in [0.25, 0.3) is 0 Å². The van der Waals surface area contributed by atoms with Crippen molar-refractivity contribution in [1.29, 1.82) is 0 Å². The Balaban J connectivity index is 3.22. The number of halogens is 8. The molecule has 2 nitrogen and oxygen atoms in total. The molecule has 15 heavy (non-hydrogen) atoms. The van der Waals surface area contributed by atoms with E-state index in [0.717, 1.165) is 0 Å². The third-order valence-corrected chi connectivity index (χ3v) is 1.57. The maximum Gasteiger partial charge on any atom is 0.482 e. The molecular weight excluding hydrogens is 260 g/mol. The first-order valence-electron chi connectivity index (χ1n) is 3.08. The van der Waals surface area contributed by atoms with E-state index >= 15 is 0 Å². The number of hydrogen-bond acceptors (Lipinski definition) is 2. The molecule has 88 valence electrons. The van der Waals surface area contributed by atoms with Gasteiger partial charge < -0.3 is 9.47 Å². The minimum Gasteiger partial charge on any atom is -0.414 e. The summed E-state index contributed by atoms with van der Waals surface area (Å²) in [4.78, 5) is 0. The van der Waals surface area contributed by atoms with Gasteiger partial charge in [0.1, 0.15) is 0 Å². The van der Waals surface area contributed by atoms with E-state index in [4.69, 9.17) is 0 Å². The molecule has 1 heterocycles. The maximum atomic E-state index is 12.7. The lowest BCUT2D eigenvalue weighted by molar-refractivity contribution is -0.458. The molecule has 0 aromatic heterocycles. The van der Waals surface area contributed by atoms with Crippen LogP contribution in [0, 0.1) is 0 Å². The van der Waals surface area contributed by atoms with Gasteiger partial charge in [-0.15, -0.1) is 0 Å². The standard InChI is InChI=1S/C5ClF7O2/c6-1-2(7)15-3(8,4(9,10)11)5(12,13)14-1. The van der Waals surface area contributed by atoms with E-state index in [2.05, 4.69) is 21.1 Å². The number of ether oxygens (including phenoxy) is 2. The van der Waals surface area contributed by atoms with Crippen molar-refractivity contribution in [1.82, 2.24) is 0 Å². The second-order valence-electron chi connectivity index (χ2n) is 2.36. The molecule has 0 spiro atoms. The molecule has 0 saturated carbocycles. The van der Waals surface area contributed by atoms with E-state index in [9.17, 15) is 30.7 Å². The van der Waals surface area contributed by atoms with Crippen molar-refractivity contribution >= 4 is 11.6 Å². The van der Waals surface area contributed by atoms with Crippen LogP contribution < -0.4 is 0 Å². The first-order chi connectivity index (χ1) is 6.51. The van der Waals surface area contributed by atoms with Gasteiger partial charge in [0.25, 0.3) is 5.22 Å². The second-order valence-corrected chi connectivity index (χ2v) is 2.70. The molecular formula is C5ClF7O2. The van der Waals surface area contributed by atoms with Crippen LogP contribution in [0.15, 0.2) is 11.2 Å². The fraction of sp³-hybridized carbons (Fsp3) is 0.600. The lowest BCUT2D eigenvalue weighted by Crippen LogP contribution is -2.59. The number of rotatable bonds is 0. The Morgan fingerprint density at radius 2 is 1.53 bits per heavy atom. The Morgan fingerprint density at radius 1 is 1.07 bits per heavy atom. The van der Waals surface area contributed by atoms with Gasteiger partial charge in [0.05, 0.1) is 0 Å².